The van der Waals surface area contributed by atoms with Gasteiger partial charge >= 0.3 is 0 Å². The second-order valence-corrected chi connectivity index (χ2v) is 4.82. The van der Waals surface area contributed by atoms with E-state index in [0.29, 0.717) is 5.92 Å². The number of benzene rings is 1. The molecule has 1 aromatic heterocycles. The van der Waals surface area contributed by atoms with E-state index in [1.807, 2.05) is 12.1 Å². The molecule has 1 heterocycles. The molecule has 4 heteroatoms. The minimum atomic E-state index is 0.593. The molecule has 2 rings (SSSR count). The summed E-state index contributed by atoms with van der Waals surface area (Å²) >= 11 is 0. The molecule has 0 unspecified atom stereocenters. The Labute approximate surface area is 108 Å². The summed E-state index contributed by atoms with van der Waals surface area (Å²) in [7, 11) is 1.67. The third kappa shape index (κ3) is 3.09. The molecule has 0 aliphatic rings. The minimum Gasteiger partial charge on any atom is -0.497 e. The Morgan fingerprint density at radius 3 is 2.56 bits per heavy atom. The lowest BCUT2D eigenvalue weighted by Crippen LogP contribution is -2.08. The molecule has 0 saturated carbocycles. The van der Waals surface area contributed by atoms with Crippen molar-refractivity contribution in [1.29, 1.82) is 0 Å². The van der Waals surface area contributed by atoms with Crippen molar-refractivity contribution in [3.8, 4) is 5.75 Å². The van der Waals surface area contributed by atoms with E-state index in [-0.39, 0.29) is 0 Å². The van der Waals surface area contributed by atoms with Crippen LogP contribution < -0.4 is 4.74 Å². The summed E-state index contributed by atoms with van der Waals surface area (Å²) in [5.41, 5.74) is 1.22. The fraction of sp³-hybridized carbons (Fsp3) is 0.429. The van der Waals surface area contributed by atoms with Crippen LogP contribution in [0.15, 0.2) is 30.6 Å². The highest BCUT2D eigenvalue weighted by atomic mass is 16.5. The largest absolute Gasteiger partial charge is 0.497 e. The SMILES string of the molecule is COc1ccc(Cc2nncn2CC(C)C)cc1. The Hall–Kier alpha value is -1.84. The van der Waals surface area contributed by atoms with E-state index in [1.54, 1.807) is 13.4 Å². The first-order valence-corrected chi connectivity index (χ1v) is 6.18. The maximum absolute atomic E-state index is 5.15. The molecule has 0 atom stereocenters. The molecular formula is C14H19N3O. The van der Waals surface area contributed by atoms with E-state index < -0.39 is 0 Å². The van der Waals surface area contributed by atoms with E-state index in [1.165, 1.54) is 5.56 Å². The van der Waals surface area contributed by atoms with Crippen LogP contribution in [0.5, 0.6) is 5.75 Å². The van der Waals surface area contributed by atoms with Gasteiger partial charge in [-0.15, -0.1) is 10.2 Å². The summed E-state index contributed by atoms with van der Waals surface area (Å²) in [6.07, 6.45) is 2.61. The molecule has 0 radical (unpaired) electrons. The quantitative estimate of drug-likeness (QED) is 0.812. The predicted molar refractivity (Wildman–Crippen MR) is 70.7 cm³/mol. The molecule has 0 aliphatic heterocycles. The van der Waals surface area contributed by atoms with E-state index in [2.05, 4.69) is 40.7 Å². The van der Waals surface area contributed by atoms with Crippen LogP contribution in [0.3, 0.4) is 0 Å². The van der Waals surface area contributed by atoms with Crippen molar-refractivity contribution in [2.75, 3.05) is 7.11 Å². The summed E-state index contributed by atoms with van der Waals surface area (Å²) in [6, 6.07) is 8.07. The summed E-state index contributed by atoms with van der Waals surface area (Å²) in [5, 5.41) is 8.18. The van der Waals surface area contributed by atoms with Gasteiger partial charge in [-0.1, -0.05) is 26.0 Å². The third-order valence-corrected chi connectivity index (χ3v) is 2.78. The molecule has 1 aromatic carbocycles. The highest BCUT2D eigenvalue weighted by Gasteiger charge is 2.07. The van der Waals surface area contributed by atoms with Gasteiger partial charge in [0, 0.05) is 13.0 Å². The first kappa shape index (κ1) is 12.6. The van der Waals surface area contributed by atoms with Crippen molar-refractivity contribution in [2.24, 2.45) is 5.92 Å². The molecule has 18 heavy (non-hydrogen) atoms. The summed E-state index contributed by atoms with van der Waals surface area (Å²) in [4.78, 5) is 0. The second kappa shape index (κ2) is 5.67. The number of ether oxygens (including phenoxy) is 1. The Kier molecular flexibility index (Phi) is 3.97. The highest BCUT2D eigenvalue weighted by molar-refractivity contribution is 5.28. The topological polar surface area (TPSA) is 39.9 Å². The van der Waals surface area contributed by atoms with Crippen LogP contribution in [0.25, 0.3) is 0 Å². The number of methoxy groups -OCH3 is 1. The zero-order chi connectivity index (χ0) is 13.0. The molecule has 0 fully saturated rings. The van der Waals surface area contributed by atoms with Crippen molar-refractivity contribution < 1.29 is 4.74 Å². The molecular weight excluding hydrogens is 226 g/mol. The number of hydrogen-bond donors (Lipinski definition) is 0. The fourth-order valence-corrected chi connectivity index (χ4v) is 1.89. The van der Waals surface area contributed by atoms with Gasteiger partial charge in [0.15, 0.2) is 0 Å². The Morgan fingerprint density at radius 2 is 1.94 bits per heavy atom. The van der Waals surface area contributed by atoms with Crippen molar-refractivity contribution in [2.45, 2.75) is 26.8 Å². The molecule has 96 valence electrons. The number of nitrogens with zero attached hydrogens (tertiary/aromatic N) is 3. The van der Waals surface area contributed by atoms with Crippen LogP contribution in [0.1, 0.15) is 25.2 Å². The van der Waals surface area contributed by atoms with Gasteiger partial charge < -0.3 is 9.30 Å². The van der Waals surface area contributed by atoms with Crippen LogP contribution in [0.4, 0.5) is 0 Å². The molecule has 0 N–H and O–H groups in total. The number of rotatable bonds is 5. The maximum Gasteiger partial charge on any atom is 0.137 e. The summed E-state index contributed by atoms with van der Waals surface area (Å²) < 4.78 is 7.27. The number of aromatic nitrogens is 3. The van der Waals surface area contributed by atoms with Gasteiger partial charge in [-0.25, -0.2) is 0 Å². The van der Waals surface area contributed by atoms with Crippen molar-refractivity contribution in [1.82, 2.24) is 14.8 Å². The molecule has 0 aliphatic carbocycles. The Balaban J connectivity index is 2.10. The van der Waals surface area contributed by atoms with Crippen LogP contribution >= 0.6 is 0 Å². The smallest absolute Gasteiger partial charge is 0.137 e. The van der Waals surface area contributed by atoms with Crippen molar-refractivity contribution >= 4 is 0 Å². The van der Waals surface area contributed by atoms with E-state index >= 15 is 0 Å². The predicted octanol–water partition coefficient (Wildman–Crippen LogP) is 2.53. The van der Waals surface area contributed by atoms with Gasteiger partial charge in [-0.2, -0.15) is 0 Å². The first-order chi connectivity index (χ1) is 8.69. The van der Waals surface area contributed by atoms with E-state index in [4.69, 9.17) is 4.74 Å². The average Bonchev–Trinajstić information content (AvgIpc) is 2.77. The fourth-order valence-electron chi connectivity index (χ4n) is 1.89. The van der Waals surface area contributed by atoms with Gasteiger partial charge in [0.2, 0.25) is 0 Å². The zero-order valence-corrected chi connectivity index (χ0v) is 11.1. The van der Waals surface area contributed by atoms with Gasteiger partial charge in [0.1, 0.15) is 17.9 Å². The van der Waals surface area contributed by atoms with Crippen LogP contribution in [0.2, 0.25) is 0 Å². The standard InChI is InChI=1S/C14H19N3O/c1-11(2)9-17-10-15-16-14(17)8-12-4-6-13(18-3)7-5-12/h4-7,10-11H,8-9H2,1-3H3. The van der Waals surface area contributed by atoms with Crippen molar-refractivity contribution in [3.63, 3.8) is 0 Å². The Morgan fingerprint density at radius 1 is 1.22 bits per heavy atom. The van der Waals surface area contributed by atoms with Gasteiger partial charge in [0.25, 0.3) is 0 Å². The molecule has 0 saturated heterocycles. The number of hydrogen-bond acceptors (Lipinski definition) is 3. The Bertz CT molecular complexity index is 488. The lowest BCUT2D eigenvalue weighted by atomic mass is 10.1. The molecule has 0 amide bonds. The van der Waals surface area contributed by atoms with Crippen molar-refractivity contribution in [3.05, 3.63) is 42.0 Å². The lowest BCUT2D eigenvalue weighted by Gasteiger charge is -2.09. The van der Waals surface area contributed by atoms with E-state index in [0.717, 1.165) is 24.5 Å². The third-order valence-electron chi connectivity index (χ3n) is 2.78. The van der Waals surface area contributed by atoms with Gasteiger partial charge in [-0.05, 0) is 23.6 Å². The van der Waals surface area contributed by atoms with Crippen LogP contribution in [-0.2, 0) is 13.0 Å². The second-order valence-electron chi connectivity index (χ2n) is 4.82. The van der Waals surface area contributed by atoms with Gasteiger partial charge in [0.05, 0.1) is 7.11 Å². The van der Waals surface area contributed by atoms with Crippen LogP contribution in [-0.4, -0.2) is 21.9 Å². The molecule has 0 spiro atoms. The van der Waals surface area contributed by atoms with E-state index in [9.17, 15) is 0 Å². The summed E-state index contributed by atoms with van der Waals surface area (Å²) in [5.74, 6) is 2.48. The highest BCUT2D eigenvalue weighted by Crippen LogP contribution is 2.14. The zero-order valence-electron chi connectivity index (χ0n) is 11.1. The minimum absolute atomic E-state index is 0.593. The average molecular weight is 245 g/mol. The van der Waals surface area contributed by atoms with Gasteiger partial charge in [-0.3, -0.25) is 0 Å². The first-order valence-electron chi connectivity index (χ1n) is 6.18. The molecule has 4 nitrogen and oxygen atoms in total. The molecule has 0 bridgehead atoms. The lowest BCUT2D eigenvalue weighted by molar-refractivity contribution is 0.414. The monoisotopic (exact) mass is 245 g/mol. The summed E-state index contributed by atoms with van der Waals surface area (Å²) in [6.45, 7) is 5.34. The maximum atomic E-state index is 5.15. The molecule has 2 aromatic rings. The normalized spacial score (nSPS) is 10.9. The van der Waals surface area contributed by atoms with Crippen LogP contribution in [0, 0.1) is 5.92 Å².